The molecule has 2 fully saturated rings. The normalized spacial score (nSPS) is 24.0. The van der Waals surface area contributed by atoms with Crippen LogP contribution in [0.5, 0.6) is 0 Å². The van der Waals surface area contributed by atoms with Crippen LogP contribution in [0.25, 0.3) is 0 Å². The molecule has 102 valence electrons. The van der Waals surface area contributed by atoms with Crippen LogP contribution in [0.4, 0.5) is 0 Å². The number of likely N-dealkylation sites (tertiary alicyclic amines) is 1. The zero-order chi connectivity index (χ0) is 12.8. The van der Waals surface area contributed by atoms with Crippen molar-refractivity contribution in [3.05, 3.63) is 12.7 Å². The molecule has 18 heavy (non-hydrogen) atoms. The molecule has 2 heteroatoms. The SMILES string of the molecule is C=CCCCC(=O)C1(N2CCCCC2)CCCC1. The number of hydrogen-bond donors (Lipinski definition) is 0. The van der Waals surface area contributed by atoms with E-state index < -0.39 is 0 Å². The smallest absolute Gasteiger partial charge is 0.153 e. The minimum Gasteiger partial charge on any atom is -0.298 e. The molecule has 1 aliphatic carbocycles. The van der Waals surface area contributed by atoms with Crippen LogP contribution in [-0.4, -0.2) is 29.3 Å². The summed E-state index contributed by atoms with van der Waals surface area (Å²) >= 11 is 0. The van der Waals surface area contributed by atoms with E-state index in [0.29, 0.717) is 5.78 Å². The van der Waals surface area contributed by atoms with Gasteiger partial charge in [0.25, 0.3) is 0 Å². The predicted octanol–water partition coefficient (Wildman–Crippen LogP) is 3.71. The van der Waals surface area contributed by atoms with E-state index >= 15 is 0 Å². The standard InChI is InChI=1S/C16H27NO/c1-2-3-5-10-15(18)16(11-6-7-12-16)17-13-8-4-9-14-17/h2H,1,3-14H2. The van der Waals surface area contributed by atoms with E-state index in [9.17, 15) is 4.79 Å². The maximum absolute atomic E-state index is 12.7. The summed E-state index contributed by atoms with van der Waals surface area (Å²) in [6.45, 7) is 6.03. The van der Waals surface area contributed by atoms with Crippen molar-refractivity contribution in [1.29, 1.82) is 0 Å². The highest BCUT2D eigenvalue weighted by Crippen LogP contribution is 2.38. The fraction of sp³-hybridized carbons (Fsp3) is 0.812. The fourth-order valence-electron chi connectivity index (χ4n) is 3.69. The van der Waals surface area contributed by atoms with Crippen LogP contribution in [0.15, 0.2) is 12.7 Å². The van der Waals surface area contributed by atoms with E-state index in [0.717, 1.165) is 45.2 Å². The van der Waals surface area contributed by atoms with Gasteiger partial charge in [0.05, 0.1) is 5.54 Å². The number of carbonyl (C=O) groups is 1. The number of unbranched alkanes of at least 4 members (excludes halogenated alkanes) is 1. The molecule has 0 atom stereocenters. The van der Waals surface area contributed by atoms with Crippen molar-refractivity contribution < 1.29 is 4.79 Å². The van der Waals surface area contributed by atoms with Crippen molar-refractivity contribution in [2.24, 2.45) is 0 Å². The van der Waals surface area contributed by atoms with E-state index in [1.807, 2.05) is 6.08 Å². The minimum absolute atomic E-state index is 0.0679. The second-order valence-electron chi connectivity index (χ2n) is 5.89. The highest BCUT2D eigenvalue weighted by atomic mass is 16.1. The average Bonchev–Trinajstić information content (AvgIpc) is 2.90. The van der Waals surface area contributed by atoms with Crippen molar-refractivity contribution in [2.75, 3.05) is 13.1 Å². The first-order chi connectivity index (χ1) is 8.79. The summed E-state index contributed by atoms with van der Waals surface area (Å²) in [5.41, 5.74) is -0.0679. The van der Waals surface area contributed by atoms with Gasteiger partial charge in [0.15, 0.2) is 5.78 Å². The molecule has 1 saturated heterocycles. The number of hydrogen-bond acceptors (Lipinski definition) is 2. The van der Waals surface area contributed by atoms with Crippen LogP contribution in [0.1, 0.15) is 64.2 Å². The molecule has 2 nitrogen and oxygen atoms in total. The van der Waals surface area contributed by atoms with E-state index in [4.69, 9.17) is 0 Å². The summed E-state index contributed by atoms with van der Waals surface area (Å²) in [5, 5.41) is 0. The maximum atomic E-state index is 12.7. The zero-order valence-electron chi connectivity index (χ0n) is 11.6. The lowest BCUT2D eigenvalue weighted by Crippen LogP contribution is -2.54. The van der Waals surface area contributed by atoms with Crippen LogP contribution in [0.3, 0.4) is 0 Å². The highest BCUT2D eigenvalue weighted by Gasteiger charge is 2.45. The average molecular weight is 249 g/mol. The van der Waals surface area contributed by atoms with Crippen LogP contribution in [0, 0.1) is 0 Å². The fourth-order valence-corrected chi connectivity index (χ4v) is 3.69. The first kappa shape index (κ1) is 13.8. The zero-order valence-corrected chi connectivity index (χ0v) is 11.6. The quantitative estimate of drug-likeness (QED) is 0.528. The third-order valence-electron chi connectivity index (χ3n) is 4.72. The summed E-state index contributed by atoms with van der Waals surface area (Å²) in [5.74, 6) is 0.517. The third kappa shape index (κ3) is 2.85. The number of piperidine rings is 1. The Balaban J connectivity index is 2.00. The van der Waals surface area contributed by atoms with Gasteiger partial charge in [0, 0.05) is 6.42 Å². The Hall–Kier alpha value is -0.630. The molecule has 1 saturated carbocycles. The van der Waals surface area contributed by atoms with Crippen molar-refractivity contribution >= 4 is 5.78 Å². The monoisotopic (exact) mass is 249 g/mol. The van der Waals surface area contributed by atoms with Gasteiger partial charge in [-0.3, -0.25) is 9.69 Å². The van der Waals surface area contributed by atoms with Gasteiger partial charge < -0.3 is 0 Å². The molecular weight excluding hydrogens is 222 g/mol. The Bertz CT molecular complexity index is 285. The second-order valence-corrected chi connectivity index (χ2v) is 5.89. The Morgan fingerprint density at radius 3 is 2.39 bits per heavy atom. The highest BCUT2D eigenvalue weighted by molar-refractivity contribution is 5.88. The summed E-state index contributed by atoms with van der Waals surface area (Å²) in [4.78, 5) is 15.2. The van der Waals surface area contributed by atoms with Gasteiger partial charge in [-0.25, -0.2) is 0 Å². The van der Waals surface area contributed by atoms with Crippen LogP contribution < -0.4 is 0 Å². The van der Waals surface area contributed by atoms with Gasteiger partial charge in [-0.05, 0) is 51.6 Å². The molecule has 0 bridgehead atoms. The van der Waals surface area contributed by atoms with Crippen molar-refractivity contribution in [3.63, 3.8) is 0 Å². The van der Waals surface area contributed by atoms with E-state index in [-0.39, 0.29) is 5.54 Å². The minimum atomic E-state index is -0.0679. The summed E-state index contributed by atoms with van der Waals surface area (Å²) in [7, 11) is 0. The number of Topliss-reactive ketones (excluding diaryl/α,β-unsaturated/α-hetero) is 1. The van der Waals surface area contributed by atoms with Crippen LogP contribution >= 0.6 is 0 Å². The van der Waals surface area contributed by atoms with Crippen LogP contribution in [-0.2, 0) is 4.79 Å². The van der Waals surface area contributed by atoms with Crippen molar-refractivity contribution in [1.82, 2.24) is 4.90 Å². The molecule has 0 aromatic rings. The Labute approximate surface area is 111 Å². The molecule has 2 aliphatic rings. The molecule has 0 unspecified atom stereocenters. The van der Waals surface area contributed by atoms with Gasteiger partial charge in [-0.1, -0.05) is 25.3 Å². The van der Waals surface area contributed by atoms with Crippen LogP contribution in [0.2, 0.25) is 0 Å². The van der Waals surface area contributed by atoms with Gasteiger partial charge in [0.2, 0.25) is 0 Å². The number of ketones is 1. The number of nitrogens with zero attached hydrogens (tertiary/aromatic N) is 1. The molecule has 0 N–H and O–H groups in total. The summed E-state index contributed by atoms with van der Waals surface area (Å²) < 4.78 is 0. The van der Waals surface area contributed by atoms with E-state index in [2.05, 4.69) is 11.5 Å². The van der Waals surface area contributed by atoms with E-state index in [1.165, 1.54) is 32.1 Å². The van der Waals surface area contributed by atoms with Crippen molar-refractivity contribution in [3.8, 4) is 0 Å². The molecule has 0 radical (unpaired) electrons. The molecule has 0 spiro atoms. The molecule has 1 heterocycles. The Kier molecular flexibility index (Phi) is 4.99. The lowest BCUT2D eigenvalue weighted by Gasteiger charge is -2.42. The van der Waals surface area contributed by atoms with Gasteiger partial charge in [0.1, 0.15) is 0 Å². The Morgan fingerprint density at radius 1 is 1.11 bits per heavy atom. The molecular formula is C16H27NO. The maximum Gasteiger partial charge on any atom is 0.153 e. The molecule has 0 amide bonds. The topological polar surface area (TPSA) is 20.3 Å². The summed E-state index contributed by atoms with van der Waals surface area (Å²) in [6.07, 6.45) is 13.2. The van der Waals surface area contributed by atoms with Gasteiger partial charge in [-0.2, -0.15) is 0 Å². The van der Waals surface area contributed by atoms with Crippen molar-refractivity contribution in [2.45, 2.75) is 69.7 Å². The number of allylic oxidation sites excluding steroid dienone is 1. The predicted molar refractivity (Wildman–Crippen MR) is 75.7 cm³/mol. The largest absolute Gasteiger partial charge is 0.298 e. The molecule has 0 aromatic carbocycles. The van der Waals surface area contributed by atoms with Gasteiger partial charge >= 0.3 is 0 Å². The lowest BCUT2D eigenvalue weighted by atomic mass is 9.85. The second kappa shape index (κ2) is 6.51. The first-order valence-electron chi connectivity index (χ1n) is 7.69. The molecule has 1 aliphatic heterocycles. The van der Waals surface area contributed by atoms with E-state index in [1.54, 1.807) is 0 Å². The molecule has 2 rings (SSSR count). The number of rotatable bonds is 6. The lowest BCUT2D eigenvalue weighted by molar-refractivity contribution is -0.132. The first-order valence-corrected chi connectivity index (χ1v) is 7.69. The summed E-state index contributed by atoms with van der Waals surface area (Å²) in [6, 6.07) is 0. The Morgan fingerprint density at radius 2 is 1.78 bits per heavy atom. The number of carbonyl (C=O) groups excluding carboxylic acids is 1. The van der Waals surface area contributed by atoms with Gasteiger partial charge in [-0.15, -0.1) is 6.58 Å². The molecule has 0 aromatic heterocycles. The third-order valence-corrected chi connectivity index (χ3v) is 4.72.